The van der Waals surface area contributed by atoms with Crippen molar-refractivity contribution in [2.75, 3.05) is 17.1 Å². The summed E-state index contributed by atoms with van der Waals surface area (Å²) in [5.41, 5.74) is 6.44. The van der Waals surface area contributed by atoms with Crippen molar-refractivity contribution < 1.29 is 12.6 Å². The topological polar surface area (TPSA) is 72.6 Å². The van der Waals surface area contributed by atoms with Crippen LogP contribution in [-0.2, 0) is 10.3 Å². The maximum absolute atomic E-state index is 12.1. The van der Waals surface area contributed by atoms with Crippen molar-refractivity contribution in [2.45, 2.75) is 0 Å². The highest BCUT2D eigenvalue weighted by Crippen LogP contribution is 2.24. The van der Waals surface area contributed by atoms with E-state index in [1.54, 1.807) is 48.5 Å². The second-order valence-corrected chi connectivity index (χ2v) is 5.45. The lowest BCUT2D eigenvalue weighted by atomic mass is 10.3. The molecule has 0 bridgehead atoms. The molecule has 2 aromatic rings. The number of hydrogen-bond donors (Lipinski definition) is 1. The minimum Gasteiger partial charge on any atom is -0.396 e. The van der Waals surface area contributed by atoms with E-state index in [2.05, 4.69) is 0 Å². The van der Waals surface area contributed by atoms with Crippen molar-refractivity contribution in [3.63, 3.8) is 0 Å². The van der Waals surface area contributed by atoms with Gasteiger partial charge in [-0.25, -0.2) is 4.31 Å². The lowest BCUT2D eigenvalue weighted by Gasteiger charge is -2.19. The molecule has 0 amide bonds. The van der Waals surface area contributed by atoms with Crippen LogP contribution in [0.3, 0.4) is 0 Å². The molecule has 5 nitrogen and oxygen atoms in total. The van der Waals surface area contributed by atoms with Crippen LogP contribution in [0, 0.1) is 0 Å². The van der Waals surface area contributed by atoms with Crippen LogP contribution in [0.2, 0.25) is 0 Å². The third-order valence-electron chi connectivity index (χ3n) is 2.57. The number of hydrogen-bond acceptors (Lipinski definition) is 4. The van der Waals surface area contributed by atoms with Crippen LogP contribution in [-0.4, -0.2) is 15.5 Å². The Kier molecular flexibility index (Phi) is 3.62. The summed E-state index contributed by atoms with van der Waals surface area (Å²) in [5.74, 6) is 0.116. The van der Waals surface area contributed by atoms with Gasteiger partial charge in [0.25, 0.3) is 0 Å². The van der Waals surface area contributed by atoms with Crippen molar-refractivity contribution in [1.29, 1.82) is 0 Å². The molecule has 0 fully saturated rings. The van der Waals surface area contributed by atoms with E-state index in [0.29, 0.717) is 5.69 Å². The summed E-state index contributed by atoms with van der Waals surface area (Å²) < 4.78 is 30.3. The Morgan fingerprint density at radius 2 is 1.58 bits per heavy atom. The molecule has 2 rings (SSSR count). The summed E-state index contributed by atoms with van der Waals surface area (Å²) in [6, 6.07) is 15.1. The molecular weight excluding hydrogens is 264 g/mol. The van der Waals surface area contributed by atoms with Crippen LogP contribution in [0.5, 0.6) is 5.75 Å². The van der Waals surface area contributed by atoms with Crippen LogP contribution in [0.4, 0.5) is 11.4 Å². The SMILES string of the molecule is CN(c1ccccc1)S(=O)(=O)Oc1ccccc1N. The first-order chi connectivity index (χ1) is 9.00. The van der Waals surface area contributed by atoms with Crippen molar-refractivity contribution in [3.05, 3.63) is 54.6 Å². The smallest absolute Gasteiger partial charge is 0.396 e. The molecule has 100 valence electrons. The summed E-state index contributed by atoms with van der Waals surface area (Å²) in [6.45, 7) is 0. The van der Waals surface area contributed by atoms with Gasteiger partial charge in [0.15, 0.2) is 5.75 Å². The van der Waals surface area contributed by atoms with E-state index in [0.717, 1.165) is 4.31 Å². The molecular formula is C13H14N2O3S. The highest BCUT2D eigenvalue weighted by atomic mass is 32.2. The number of nitrogens with two attached hydrogens (primary N) is 1. The van der Waals surface area contributed by atoms with Crippen molar-refractivity contribution in [3.8, 4) is 5.75 Å². The van der Waals surface area contributed by atoms with Gasteiger partial charge in [-0.05, 0) is 24.3 Å². The maximum atomic E-state index is 12.1. The molecule has 2 N–H and O–H groups in total. The molecule has 19 heavy (non-hydrogen) atoms. The molecule has 0 aliphatic heterocycles. The summed E-state index contributed by atoms with van der Waals surface area (Å²) >= 11 is 0. The van der Waals surface area contributed by atoms with Gasteiger partial charge in [-0.15, -0.1) is 0 Å². The summed E-state index contributed by atoms with van der Waals surface area (Å²) in [5, 5.41) is 0. The van der Waals surface area contributed by atoms with Gasteiger partial charge in [0.1, 0.15) is 0 Å². The Bertz CT molecular complexity index is 657. The standard InChI is InChI=1S/C13H14N2O3S/c1-15(11-7-3-2-4-8-11)19(16,17)18-13-10-6-5-9-12(13)14/h2-10H,14H2,1H3. The Hall–Kier alpha value is -2.21. The van der Waals surface area contributed by atoms with Crippen LogP contribution in [0.1, 0.15) is 0 Å². The highest BCUT2D eigenvalue weighted by molar-refractivity contribution is 7.88. The van der Waals surface area contributed by atoms with E-state index in [1.807, 2.05) is 0 Å². The van der Waals surface area contributed by atoms with E-state index >= 15 is 0 Å². The molecule has 0 saturated carbocycles. The molecule has 0 spiro atoms. The summed E-state index contributed by atoms with van der Waals surface area (Å²) in [6.07, 6.45) is 0. The lowest BCUT2D eigenvalue weighted by Crippen LogP contribution is -2.30. The molecule has 0 radical (unpaired) electrons. The number of nitrogens with zero attached hydrogens (tertiary/aromatic N) is 1. The molecule has 0 unspecified atom stereocenters. The average Bonchev–Trinajstić information content (AvgIpc) is 2.41. The zero-order chi connectivity index (χ0) is 13.9. The number of para-hydroxylation sites is 3. The van der Waals surface area contributed by atoms with Gasteiger partial charge >= 0.3 is 10.3 Å². The fraction of sp³-hybridized carbons (Fsp3) is 0.0769. The Morgan fingerprint density at radius 1 is 1.00 bits per heavy atom. The quantitative estimate of drug-likeness (QED) is 0.868. The Morgan fingerprint density at radius 3 is 2.21 bits per heavy atom. The second kappa shape index (κ2) is 5.19. The fourth-order valence-electron chi connectivity index (χ4n) is 1.49. The van der Waals surface area contributed by atoms with E-state index in [4.69, 9.17) is 9.92 Å². The Labute approximate surface area is 112 Å². The minimum atomic E-state index is -3.94. The van der Waals surface area contributed by atoms with Crippen molar-refractivity contribution in [2.24, 2.45) is 0 Å². The minimum absolute atomic E-state index is 0.116. The molecule has 0 aliphatic carbocycles. The van der Waals surface area contributed by atoms with Gasteiger partial charge < -0.3 is 9.92 Å². The fourth-order valence-corrected chi connectivity index (χ4v) is 2.36. The monoisotopic (exact) mass is 278 g/mol. The normalized spacial score (nSPS) is 11.0. The average molecular weight is 278 g/mol. The van der Waals surface area contributed by atoms with Crippen LogP contribution >= 0.6 is 0 Å². The molecule has 2 aromatic carbocycles. The Balaban J connectivity index is 2.27. The first-order valence-corrected chi connectivity index (χ1v) is 6.95. The van der Waals surface area contributed by atoms with Crippen molar-refractivity contribution >= 4 is 21.7 Å². The van der Waals surface area contributed by atoms with Gasteiger partial charge in [-0.3, -0.25) is 0 Å². The largest absolute Gasteiger partial charge is 0.409 e. The van der Waals surface area contributed by atoms with Gasteiger partial charge in [0, 0.05) is 7.05 Å². The zero-order valence-corrected chi connectivity index (χ0v) is 11.2. The molecule has 0 aromatic heterocycles. The van der Waals surface area contributed by atoms with Gasteiger partial charge in [-0.2, -0.15) is 8.42 Å². The maximum Gasteiger partial charge on any atom is 0.409 e. The molecule has 0 saturated heterocycles. The molecule has 0 aliphatic rings. The number of anilines is 2. The van der Waals surface area contributed by atoms with Gasteiger partial charge in [0.05, 0.1) is 11.4 Å². The summed E-state index contributed by atoms with van der Waals surface area (Å²) in [4.78, 5) is 0. The number of rotatable bonds is 4. The third kappa shape index (κ3) is 2.97. The van der Waals surface area contributed by atoms with Crippen molar-refractivity contribution in [1.82, 2.24) is 0 Å². The second-order valence-electron chi connectivity index (χ2n) is 3.88. The summed E-state index contributed by atoms with van der Waals surface area (Å²) in [7, 11) is -2.52. The first kappa shape index (κ1) is 13.2. The number of nitrogen functional groups attached to an aromatic ring is 1. The first-order valence-electron chi connectivity index (χ1n) is 5.58. The van der Waals surface area contributed by atoms with E-state index in [-0.39, 0.29) is 11.4 Å². The highest BCUT2D eigenvalue weighted by Gasteiger charge is 2.21. The predicted molar refractivity (Wildman–Crippen MR) is 75.2 cm³/mol. The van der Waals surface area contributed by atoms with E-state index < -0.39 is 10.3 Å². The van der Waals surface area contributed by atoms with Crippen LogP contribution in [0.25, 0.3) is 0 Å². The van der Waals surface area contributed by atoms with E-state index in [1.165, 1.54) is 13.1 Å². The van der Waals surface area contributed by atoms with Gasteiger partial charge in [0.2, 0.25) is 0 Å². The third-order valence-corrected chi connectivity index (χ3v) is 3.84. The number of benzene rings is 2. The molecule has 0 heterocycles. The van der Waals surface area contributed by atoms with Crippen LogP contribution in [0.15, 0.2) is 54.6 Å². The molecule has 6 heteroatoms. The lowest BCUT2D eigenvalue weighted by molar-refractivity contribution is 0.485. The molecule has 0 atom stereocenters. The van der Waals surface area contributed by atoms with Crippen LogP contribution < -0.4 is 14.2 Å². The van der Waals surface area contributed by atoms with E-state index in [9.17, 15) is 8.42 Å². The zero-order valence-electron chi connectivity index (χ0n) is 10.4. The predicted octanol–water partition coefficient (Wildman–Crippen LogP) is 2.03. The van der Waals surface area contributed by atoms with Gasteiger partial charge in [-0.1, -0.05) is 30.3 Å².